The Bertz CT molecular complexity index is 473. The van der Waals surface area contributed by atoms with E-state index >= 15 is 0 Å². The normalized spacial score (nSPS) is 17.4. The number of hydrogen-bond acceptors (Lipinski definition) is 3. The zero-order valence-corrected chi connectivity index (χ0v) is 10.5. The molecule has 18 heavy (non-hydrogen) atoms. The van der Waals surface area contributed by atoms with Gasteiger partial charge in [0.25, 0.3) is 5.91 Å². The van der Waals surface area contributed by atoms with E-state index < -0.39 is 11.4 Å². The Kier molecular flexibility index (Phi) is 3.02. The number of carbonyl (C=O) groups excluding carboxylic acids is 1. The molecule has 2 rings (SSSR count). The van der Waals surface area contributed by atoms with Crippen molar-refractivity contribution in [3.05, 3.63) is 29.1 Å². The third-order valence-electron chi connectivity index (χ3n) is 3.55. The summed E-state index contributed by atoms with van der Waals surface area (Å²) in [6, 6.07) is 2.67. The zero-order chi connectivity index (χ0) is 13.5. The van der Waals surface area contributed by atoms with Gasteiger partial charge in [-0.15, -0.1) is 0 Å². The van der Waals surface area contributed by atoms with E-state index in [0.29, 0.717) is 12.0 Å². The first-order valence-corrected chi connectivity index (χ1v) is 5.93. The second-order valence-electron chi connectivity index (χ2n) is 4.91. The molecule has 1 saturated heterocycles. The predicted octanol–water partition coefficient (Wildman–Crippen LogP) is 1.31. The van der Waals surface area contributed by atoms with Crippen molar-refractivity contribution in [2.45, 2.75) is 25.9 Å². The molecule has 1 aromatic rings. The molecule has 0 aromatic heterocycles. The van der Waals surface area contributed by atoms with Gasteiger partial charge in [0.2, 0.25) is 0 Å². The number of nitrogens with zero attached hydrogens (tertiary/aromatic N) is 1. The summed E-state index contributed by atoms with van der Waals surface area (Å²) in [5.41, 5.74) is 5.70. The molecule has 98 valence electrons. The SMILES string of the molecule is CCC1(O)CN(C(=O)c2cc(N)c(C)c(F)c2)C1. The van der Waals surface area contributed by atoms with Gasteiger partial charge in [0.1, 0.15) is 5.82 Å². The highest BCUT2D eigenvalue weighted by Gasteiger charge is 2.42. The average Bonchev–Trinajstić information content (AvgIpc) is 2.30. The Morgan fingerprint density at radius 2 is 2.17 bits per heavy atom. The number of halogens is 1. The Balaban J connectivity index is 2.16. The van der Waals surface area contributed by atoms with Crippen molar-refractivity contribution in [2.24, 2.45) is 0 Å². The van der Waals surface area contributed by atoms with Crippen LogP contribution >= 0.6 is 0 Å². The fraction of sp³-hybridized carbons (Fsp3) is 0.462. The third-order valence-corrected chi connectivity index (χ3v) is 3.55. The maximum atomic E-state index is 13.5. The van der Waals surface area contributed by atoms with Crippen LogP contribution in [0.2, 0.25) is 0 Å². The fourth-order valence-electron chi connectivity index (χ4n) is 2.04. The number of β-amino-alcohol motifs (C(OH)–C–C–N with tert-alkyl or cyclic N) is 1. The summed E-state index contributed by atoms with van der Waals surface area (Å²) < 4.78 is 13.5. The van der Waals surface area contributed by atoms with Gasteiger partial charge in [0, 0.05) is 16.8 Å². The molecule has 0 radical (unpaired) electrons. The van der Waals surface area contributed by atoms with E-state index in [2.05, 4.69) is 0 Å². The van der Waals surface area contributed by atoms with Crippen LogP contribution in [0.1, 0.15) is 29.3 Å². The number of benzene rings is 1. The molecule has 1 amide bonds. The summed E-state index contributed by atoms with van der Waals surface area (Å²) in [5.74, 6) is -0.775. The molecule has 0 unspecified atom stereocenters. The maximum absolute atomic E-state index is 13.5. The summed E-state index contributed by atoms with van der Waals surface area (Å²) in [5, 5.41) is 9.85. The van der Waals surface area contributed by atoms with E-state index in [1.807, 2.05) is 6.92 Å². The second kappa shape index (κ2) is 4.24. The minimum absolute atomic E-state index is 0.230. The van der Waals surface area contributed by atoms with E-state index in [0.717, 1.165) is 0 Å². The minimum Gasteiger partial charge on any atom is -0.398 e. The van der Waals surface area contributed by atoms with Crippen LogP contribution in [-0.2, 0) is 0 Å². The number of anilines is 1. The van der Waals surface area contributed by atoms with E-state index in [9.17, 15) is 14.3 Å². The molecule has 1 aromatic carbocycles. The first-order chi connectivity index (χ1) is 8.36. The minimum atomic E-state index is -0.787. The van der Waals surface area contributed by atoms with E-state index in [-0.39, 0.29) is 30.2 Å². The van der Waals surface area contributed by atoms with E-state index in [1.54, 1.807) is 6.92 Å². The third kappa shape index (κ3) is 2.06. The monoisotopic (exact) mass is 252 g/mol. The van der Waals surface area contributed by atoms with Crippen LogP contribution in [0.25, 0.3) is 0 Å². The molecule has 0 atom stereocenters. The summed E-state index contributed by atoms with van der Waals surface area (Å²) in [4.78, 5) is 13.5. The molecule has 4 nitrogen and oxygen atoms in total. The molecule has 1 aliphatic heterocycles. The number of rotatable bonds is 2. The van der Waals surface area contributed by atoms with Gasteiger partial charge in [-0.25, -0.2) is 4.39 Å². The van der Waals surface area contributed by atoms with Crippen molar-refractivity contribution in [3.8, 4) is 0 Å². The molecular formula is C13H17FN2O2. The number of carbonyl (C=O) groups is 1. The van der Waals surface area contributed by atoms with Crippen LogP contribution < -0.4 is 5.73 Å². The highest BCUT2D eigenvalue weighted by Crippen LogP contribution is 2.27. The fourth-order valence-corrected chi connectivity index (χ4v) is 2.04. The molecular weight excluding hydrogens is 235 g/mol. The van der Waals surface area contributed by atoms with Gasteiger partial charge in [0.05, 0.1) is 18.7 Å². The molecule has 3 N–H and O–H groups in total. The Labute approximate surface area is 105 Å². The van der Waals surface area contributed by atoms with Crippen molar-refractivity contribution in [2.75, 3.05) is 18.8 Å². The van der Waals surface area contributed by atoms with Gasteiger partial charge >= 0.3 is 0 Å². The molecule has 1 heterocycles. The van der Waals surface area contributed by atoms with E-state index in [1.165, 1.54) is 17.0 Å². The Morgan fingerprint density at radius 3 is 2.67 bits per heavy atom. The molecule has 0 bridgehead atoms. The molecule has 0 spiro atoms. The predicted molar refractivity (Wildman–Crippen MR) is 66.7 cm³/mol. The lowest BCUT2D eigenvalue weighted by atomic mass is 9.90. The second-order valence-corrected chi connectivity index (χ2v) is 4.91. The van der Waals surface area contributed by atoms with Crippen LogP contribution in [0.5, 0.6) is 0 Å². The highest BCUT2D eigenvalue weighted by atomic mass is 19.1. The van der Waals surface area contributed by atoms with Crippen molar-refractivity contribution in [1.82, 2.24) is 4.90 Å². The number of nitrogen functional groups attached to an aromatic ring is 1. The maximum Gasteiger partial charge on any atom is 0.254 e. The number of aliphatic hydroxyl groups is 1. The van der Waals surface area contributed by atoms with Crippen molar-refractivity contribution in [1.29, 1.82) is 0 Å². The zero-order valence-electron chi connectivity index (χ0n) is 10.5. The standard InChI is InChI=1S/C13H17FN2O2/c1-3-13(18)6-16(7-13)12(17)9-4-10(14)8(2)11(15)5-9/h4-5,18H,3,6-7,15H2,1-2H3. The van der Waals surface area contributed by atoms with Crippen LogP contribution in [0.4, 0.5) is 10.1 Å². The van der Waals surface area contributed by atoms with Gasteiger partial charge in [-0.05, 0) is 25.5 Å². The van der Waals surface area contributed by atoms with Crippen LogP contribution in [-0.4, -0.2) is 34.6 Å². The van der Waals surface area contributed by atoms with Gasteiger partial charge in [0.15, 0.2) is 0 Å². The lowest BCUT2D eigenvalue weighted by molar-refractivity contribution is -0.0826. The number of nitrogens with two attached hydrogens (primary N) is 1. The lowest BCUT2D eigenvalue weighted by Gasteiger charge is -2.46. The van der Waals surface area contributed by atoms with Crippen LogP contribution in [0.3, 0.4) is 0 Å². The van der Waals surface area contributed by atoms with Crippen molar-refractivity contribution in [3.63, 3.8) is 0 Å². The summed E-state index contributed by atoms with van der Waals surface area (Å²) in [6.07, 6.45) is 0.598. The number of amides is 1. The first kappa shape index (κ1) is 12.8. The first-order valence-electron chi connectivity index (χ1n) is 5.93. The quantitative estimate of drug-likeness (QED) is 0.780. The van der Waals surface area contributed by atoms with Crippen molar-refractivity contribution >= 4 is 11.6 Å². The number of likely N-dealkylation sites (tertiary alicyclic amines) is 1. The van der Waals surface area contributed by atoms with Crippen LogP contribution in [0, 0.1) is 12.7 Å². The Morgan fingerprint density at radius 1 is 1.56 bits per heavy atom. The smallest absolute Gasteiger partial charge is 0.254 e. The average molecular weight is 252 g/mol. The summed E-state index contributed by atoms with van der Waals surface area (Å²) in [7, 11) is 0. The molecule has 0 saturated carbocycles. The van der Waals surface area contributed by atoms with Gasteiger partial charge in [-0.1, -0.05) is 6.92 Å². The Hall–Kier alpha value is -1.62. The molecule has 1 aliphatic rings. The highest BCUT2D eigenvalue weighted by molar-refractivity contribution is 5.96. The number of hydrogen-bond donors (Lipinski definition) is 2. The molecule has 1 fully saturated rings. The van der Waals surface area contributed by atoms with Gasteiger partial charge in [-0.2, -0.15) is 0 Å². The molecule has 0 aliphatic carbocycles. The van der Waals surface area contributed by atoms with Gasteiger partial charge in [-0.3, -0.25) is 4.79 Å². The van der Waals surface area contributed by atoms with Gasteiger partial charge < -0.3 is 15.7 Å². The van der Waals surface area contributed by atoms with E-state index in [4.69, 9.17) is 5.73 Å². The summed E-state index contributed by atoms with van der Waals surface area (Å²) in [6.45, 7) is 4.01. The largest absolute Gasteiger partial charge is 0.398 e. The lowest BCUT2D eigenvalue weighted by Crippen LogP contribution is -2.63. The molecule has 5 heteroatoms. The topological polar surface area (TPSA) is 66.6 Å². The van der Waals surface area contributed by atoms with Crippen LogP contribution in [0.15, 0.2) is 12.1 Å². The summed E-state index contributed by atoms with van der Waals surface area (Å²) >= 11 is 0. The van der Waals surface area contributed by atoms with Crippen molar-refractivity contribution < 1.29 is 14.3 Å².